The van der Waals surface area contributed by atoms with Crippen LogP contribution in [0.5, 0.6) is 5.75 Å². The number of anilines is 1. The molecule has 168 valence electrons. The fourth-order valence-corrected chi connectivity index (χ4v) is 4.79. The van der Waals surface area contributed by atoms with Crippen molar-refractivity contribution < 1.29 is 14.3 Å². The van der Waals surface area contributed by atoms with Crippen LogP contribution in [-0.2, 0) is 9.59 Å². The molecular weight excluding hydrogens is 442 g/mol. The van der Waals surface area contributed by atoms with Gasteiger partial charge in [-0.15, -0.1) is 0 Å². The lowest BCUT2D eigenvalue weighted by Gasteiger charge is -2.09. The molecule has 2 aromatic carbocycles. The molecule has 0 aliphatic carbocycles. The summed E-state index contributed by atoms with van der Waals surface area (Å²) in [5, 5.41) is 6.33. The Balaban J connectivity index is 1.67. The number of ether oxygens (including phenoxy) is 1. The number of aromatic nitrogens is 1. The number of carbonyl (C=O) groups excluding carboxylic acids is 2. The van der Waals surface area contributed by atoms with Crippen LogP contribution < -0.4 is 15.4 Å². The van der Waals surface area contributed by atoms with Crippen molar-refractivity contribution in [3.05, 3.63) is 60.2 Å². The second-order valence-corrected chi connectivity index (χ2v) is 9.55. The first-order valence-corrected chi connectivity index (χ1v) is 12.2. The highest BCUT2D eigenvalue weighted by Crippen LogP contribution is 2.37. The van der Waals surface area contributed by atoms with Gasteiger partial charge in [-0.25, -0.2) is 4.98 Å². The molecule has 0 atom stereocenters. The van der Waals surface area contributed by atoms with Gasteiger partial charge in [-0.3, -0.25) is 9.59 Å². The van der Waals surface area contributed by atoms with Crippen molar-refractivity contribution in [2.75, 3.05) is 24.2 Å². The Morgan fingerprint density at radius 1 is 1.06 bits per heavy atom. The van der Waals surface area contributed by atoms with E-state index in [-0.39, 0.29) is 24.2 Å². The topological polar surface area (TPSA) is 80.3 Å². The van der Waals surface area contributed by atoms with Crippen molar-refractivity contribution in [3.63, 3.8) is 0 Å². The third-order valence-electron chi connectivity index (χ3n) is 4.53. The molecule has 1 heterocycles. The van der Waals surface area contributed by atoms with E-state index in [1.807, 2.05) is 61.5 Å². The molecule has 0 spiro atoms. The normalized spacial score (nSPS) is 10.8. The minimum atomic E-state index is -0.265. The summed E-state index contributed by atoms with van der Waals surface area (Å²) in [5.41, 5.74) is 2.80. The Morgan fingerprint density at radius 3 is 2.44 bits per heavy atom. The molecule has 2 N–H and O–H groups in total. The SMILES string of the molecule is CCNC(=O)CSc1nc(-c2ccccc2)c(NC(=O)COc2ccc(C(C)C)cc2)s1. The largest absolute Gasteiger partial charge is 0.484 e. The molecule has 32 heavy (non-hydrogen) atoms. The Kier molecular flexibility index (Phi) is 8.70. The highest BCUT2D eigenvalue weighted by molar-refractivity contribution is 8.01. The molecule has 6 nitrogen and oxygen atoms in total. The number of rotatable bonds is 10. The van der Waals surface area contributed by atoms with Crippen molar-refractivity contribution in [1.82, 2.24) is 10.3 Å². The highest BCUT2D eigenvalue weighted by atomic mass is 32.2. The molecule has 8 heteroatoms. The van der Waals surface area contributed by atoms with Crippen LogP contribution in [0.2, 0.25) is 0 Å². The van der Waals surface area contributed by atoms with Gasteiger partial charge in [-0.1, -0.05) is 79.4 Å². The van der Waals surface area contributed by atoms with Gasteiger partial charge in [0.05, 0.1) is 5.75 Å². The molecule has 0 radical (unpaired) electrons. The number of benzene rings is 2. The van der Waals surface area contributed by atoms with E-state index in [1.165, 1.54) is 28.7 Å². The molecule has 0 saturated carbocycles. The zero-order valence-electron chi connectivity index (χ0n) is 18.4. The average molecular weight is 470 g/mol. The molecule has 2 amide bonds. The molecule has 3 rings (SSSR count). The summed E-state index contributed by atoms with van der Waals surface area (Å²) in [6, 6.07) is 17.4. The second-order valence-electron chi connectivity index (χ2n) is 7.33. The zero-order chi connectivity index (χ0) is 22.9. The van der Waals surface area contributed by atoms with E-state index in [9.17, 15) is 9.59 Å². The van der Waals surface area contributed by atoms with Crippen LogP contribution in [-0.4, -0.2) is 35.7 Å². The minimum Gasteiger partial charge on any atom is -0.484 e. The second kappa shape index (κ2) is 11.7. The van der Waals surface area contributed by atoms with Gasteiger partial charge >= 0.3 is 0 Å². The summed E-state index contributed by atoms with van der Waals surface area (Å²) < 4.78 is 6.37. The standard InChI is InChI=1S/C24H27N3O3S2/c1-4-25-21(29)15-31-24-27-22(18-8-6-5-7-9-18)23(32-24)26-20(28)14-30-19-12-10-17(11-13-19)16(2)3/h5-13,16H,4,14-15H2,1-3H3,(H,25,29)(H,26,28). The number of thioether (sulfide) groups is 1. The number of amides is 2. The van der Waals surface area contributed by atoms with Gasteiger partial charge in [0.15, 0.2) is 10.9 Å². The fourth-order valence-electron chi connectivity index (χ4n) is 2.87. The van der Waals surface area contributed by atoms with Crippen LogP contribution in [0, 0.1) is 0 Å². The van der Waals surface area contributed by atoms with E-state index in [4.69, 9.17) is 4.74 Å². The van der Waals surface area contributed by atoms with Gasteiger partial charge < -0.3 is 15.4 Å². The number of hydrogen-bond donors (Lipinski definition) is 2. The van der Waals surface area contributed by atoms with Crippen LogP contribution in [0.25, 0.3) is 11.3 Å². The van der Waals surface area contributed by atoms with Crippen molar-refractivity contribution in [3.8, 4) is 17.0 Å². The predicted molar refractivity (Wildman–Crippen MR) is 132 cm³/mol. The number of nitrogens with one attached hydrogen (secondary N) is 2. The molecule has 0 aliphatic heterocycles. The maximum atomic E-state index is 12.6. The molecule has 0 fully saturated rings. The first kappa shape index (κ1) is 23.8. The zero-order valence-corrected chi connectivity index (χ0v) is 20.0. The van der Waals surface area contributed by atoms with Crippen molar-refractivity contribution in [2.24, 2.45) is 0 Å². The van der Waals surface area contributed by atoms with Gasteiger partial charge in [-0.05, 0) is 30.5 Å². The van der Waals surface area contributed by atoms with Gasteiger partial charge in [0.2, 0.25) is 5.91 Å². The lowest BCUT2D eigenvalue weighted by Crippen LogP contribution is -2.24. The number of thiazole rings is 1. The molecule has 3 aromatic rings. The van der Waals surface area contributed by atoms with Gasteiger partial charge in [0.25, 0.3) is 5.91 Å². The molecule has 0 bridgehead atoms. The smallest absolute Gasteiger partial charge is 0.262 e. The first-order valence-electron chi connectivity index (χ1n) is 10.4. The van der Waals surface area contributed by atoms with Crippen molar-refractivity contribution in [1.29, 1.82) is 0 Å². The summed E-state index contributed by atoms with van der Waals surface area (Å²) in [6.45, 7) is 6.63. The number of hydrogen-bond acceptors (Lipinski definition) is 6. The number of nitrogens with zero attached hydrogens (tertiary/aromatic N) is 1. The van der Waals surface area contributed by atoms with E-state index >= 15 is 0 Å². The summed E-state index contributed by atoms with van der Waals surface area (Å²) in [6.07, 6.45) is 0. The minimum absolute atomic E-state index is 0.0450. The molecule has 1 aromatic heterocycles. The third-order valence-corrected chi connectivity index (χ3v) is 6.64. The highest BCUT2D eigenvalue weighted by Gasteiger charge is 2.17. The quantitative estimate of drug-likeness (QED) is 0.400. The van der Waals surface area contributed by atoms with E-state index in [1.54, 1.807) is 0 Å². The average Bonchev–Trinajstić information content (AvgIpc) is 3.20. The van der Waals surface area contributed by atoms with Crippen LogP contribution in [0.4, 0.5) is 5.00 Å². The van der Waals surface area contributed by atoms with Crippen molar-refractivity contribution in [2.45, 2.75) is 31.0 Å². The summed E-state index contributed by atoms with van der Waals surface area (Å²) in [4.78, 5) is 29.0. The van der Waals surface area contributed by atoms with Crippen molar-refractivity contribution >= 4 is 39.9 Å². The number of carbonyl (C=O) groups is 2. The van der Waals surface area contributed by atoms with E-state index in [0.717, 1.165) is 9.90 Å². The molecule has 0 aliphatic rings. The third kappa shape index (κ3) is 6.83. The fraction of sp³-hybridized carbons (Fsp3) is 0.292. The summed E-state index contributed by atoms with van der Waals surface area (Å²) >= 11 is 2.71. The predicted octanol–water partition coefficient (Wildman–Crippen LogP) is 5.18. The molecule has 0 unspecified atom stereocenters. The van der Waals surface area contributed by atoms with E-state index < -0.39 is 0 Å². The Bertz CT molecular complexity index is 1030. The Labute approximate surface area is 196 Å². The van der Waals surface area contributed by atoms with Gasteiger partial charge in [0, 0.05) is 12.1 Å². The summed E-state index contributed by atoms with van der Waals surface area (Å²) in [7, 11) is 0. The van der Waals surface area contributed by atoms with E-state index in [0.29, 0.717) is 28.9 Å². The first-order chi connectivity index (χ1) is 15.5. The maximum absolute atomic E-state index is 12.6. The maximum Gasteiger partial charge on any atom is 0.262 e. The Hall–Kier alpha value is -2.84. The van der Waals surface area contributed by atoms with Crippen LogP contribution in [0.15, 0.2) is 58.9 Å². The van der Waals surface area contributed by atoms with Crippen LogP contribution >= 0.6 is 23.1 Å². The molecular formula is C24H27N3O3S2. The Morgan fingerprint density at radius 2 is 1.78 bits per heavy atom. The monoisotopic (exact) mass is 469 g/mol. The lowest BCUT2D eigenvalue weighted by molar-refractivity contribution is -0.119. The van der Waals surface area contributed by atoms with Gasteiger partial charge in [-0.2, -0.15) is 0 Å². The van der Waals surface area contributed by atoms with Gasteiger partial charge in [0.1, 0.15) is 16.4 Å². The lowest BCUT2D eigenvalue weighted by atomic mass is 10.0. The molecule has 0 saturated heterocycles. The summed E-state index contributed by atoms with van der Waals surface area (Å²) in [5.74, 6) is 1.05. The van der Waals surface area contributed by atoms with Crippen LogP contribution in [0.3, 0.4) is 0 Å². The van der Waals surface area contributed by atoms with E-state index in [2.05, 4.69) is 29.5 Å². The van der Waals surface area contributed by atoms with Crippen LogP contribution in [0.1, 0.15) is 32.3 Å².